The summed E-state index contributed by atoms with van der Waals surface area (Å²) >= 11 is 0. The summed E-state index contributed by atoms with van der Waals surface area (Å²) in [5, 5.41) is 19.1. The first-order valence-electron chi connectivity index (χ1n) is 16.6. The molecule has 0 bridgehead atoms. The predicted octanol–water partition coefficient (Wildman–Crippen LogP) is 8.24. The summed E-state index contributed by atoms with van der Waals surface area (Å²) in [4.78, 5) is 24.4. The zero-order chi connectivity index (χ0) is 36.8. The molecular formula is C41H42O10. The van der Waals surface area contributed by atoms with E-state index in [9.17, 15) is 19.8 Å². The Labute approximate surface area is 297 Å². The van der Waals surface area contributed by atoms with Gasteiger partial charge in [0.1, 0.15) is 11.5 Å². The van der Waals surface area contributed by atoms with Crippen molar-refractivity contribution in [2.75, 3.05) is 13.2 Å². The molecule has 10 nitrogen and oxygen atoms in total. The van der Waals surface area contributed by atoms with E-state index in [4.69, 9.17) is 28.4 Å². The van der Waals surface area contributed by atoms with Gasteiger partial charge < -0.3 is 38.6 Å². The number of fused-ring (bicyclic) bond motifs is 3. The maximum absolute atomic E-state index is 12.2. The Hall–Kier alpha value is -5.58. The van der Waals surface area contributed by atoms with E-state index in [2.05, 4.69) is 37.4 Å². The van der Waals surface area contributed by atoms with Crippen LogP contribution in [-0.2, 0) is 34.0 Å². The zero-order valence-electron chi connectivity index (χ0n) is 29.1. The molecule has 0 amide bonds. The molecule has 0 saturated heterocycles. The molecule has 1 aliphatic carbocycles. The summed E-state index contributed by atoms with van der Waals surface area (Å²) in [6.07, 6.45) is 1.27. The Morgan fingerprint density at radius 1 is 0.608 bits per heavy atom. The van der Waals surface area contributed by atoms with Crippen molar-refractivity contribution in [1.29, 1.82) is 0 Å². The van der Waals surface area contributed by atoms with Gasteiger partial charge in [0.2, 0.25) is 0 Å². The van der Waals surface area contributed by atoms with Gasteiger partial charge in [-0.1, -0.05) is 86.6 Å². The molecule has 0 heterocycles. The second-order valence-electron chi connectivity index (χ2n) is 12.2. The van der Waals surface area contributed by atoms with Crippen LogP contribution in [0.3, 0.4) is 0 Å². The highest BCUT2D eigenvalue weighted by atomic mass is 16.9. The number of aliphatic hydroxyl groups is 2. The van der Waals surface area contributed by atoms with Gasteiger partial charge in [0.05, 0.1) is 18.6 Å². The lowest BCUT2D eigenvalue weighted by atomic mass is 9.68. The molecule has 51 heavy (non-hydrogen) atoms. The highest BCUT2D eigenvalue weighted by Crippen LogP contribution is 2.56. The molecule has 2 N–H and O–H groups in total. The molecule has 2 atom stereocenters. The Balaban J connectivity index is 1.57. The number of esters is 2. The minimum atomic E-state index is -1.82. The quantitative estimate of drug-likeness (QED) is 0.0451. The molecule has 10 heteroatoms. The van der Waals surface area contributed by atoms with Gasteiger partial charge in [0.25, 0.3) is 0 Å². The summed E-state index contributed by atoms with van der Waals surface area (Å²) in [6.45, 7) is 13.6. The predicted molar refractivity (Wildman–Crippen MR) is 190 cm³/mol. The molecule has 0 aromatic heterocycles. The van der Waals surface area contributed by atoms with Crippen LogP contribution in [-0.4, -0.2) is 47.3 Å². The summed E-state index contributed by atoms with van der Waals surface area (Å²) in [5.74, 6) is -6.60. The number of ether oxygens (including phenoxy) is 6. The lowest BCUT2D eigenvalue weighted by Gasteiger charge is -2.35. The number of benzene rings is 4. The Morgan fingerprint density at radius 2 is 0.961 bits per heavy atom. The molecule has 0 saturated carbocycles. The summed E-state index contributed by atoms with van der Waals surface area (Å²) in [7, 11) is 0. The SMILES string of the molecule is C=C(O)C(=O)OC(C)(OCCC)Oc1ccc(C2(c3ccc(OC(C)(OCCC)OC(=O)C(=C)O)cc3)c3ccccc3-c3ccccc32)cc1. The van der Waals surface area contributed by atoms with Crippen molar-refractivity contribution in [3.05, 3.63) is 144 Å². The van der Waals surface area contributed by atoms with E-state index >= 15 is 0 Å². The van der Waals surface area contributed by atoms with Crippen molar-refractivity contribution in [2.45, 2.75) is 57.9 Å². The van der Waals surface area contributed by atoms with Crippen molar-refractivity contribution < 1.29 is 48.2 Å². The summed E-state index contributed by atoms with van der Waals surface area (Å²) in [5.41, 5.74) is 5.35. The Bertz CT molecular complexity index is 1760. The molecule has 266 valence electrons. The van der Waals surface area contributed by atoms with Crippen LogP contribution in [0.5, 0.6) is 11.5 Å². The van der Waals surface area contributed by atoms with E-state index in [1.165, 1.54) is 13.8 Å². The first kappa shape index (κ1) is 36.7. The number of aliphatic hydroxyl groups excluding tert-OH is 2. The van der Waals surface area contributed by atoms with Crippen molar-refractivity contribution in [3.63, 3.8) is 0 Å². The van der Waals surface area contributed by atoms with E-state index in [0.29, 0.717) is 24.3 Å². The van der Waals surface area contributed by atoms with Gasteiger partial charge in [-0.3, -0.25) is 0 Å². The smallest absolute Gasteiger partial charge is 0.377 e. The van der Waals surface area contributed by atoms with Crippen LogP contribution in [0.1, 0.15) is 62.8 Å². The lowest BCUT2D eigenvalue weighted by molar-refractivity contribution is -0.315. The van der Waals surface area contributed by atoms with Crippen LogP contribution in [0.15, 0.2) is 122 Å². The standard InChI is InChI=1S/C41H42O10/c1-7-25-46-39(5,50-37(44)27(3)42)48-31-21-17-29(18-22-31)41(35-15-11-9-13-33(35)34-14-10-12-16-36(34)41)30-19-23-32(24-20-30)49-40(6,47-26-8-2)51-38(45)28(4)43/h9-24,42-43H,3-4,7-8,25-26H2,1-2,5-6H3. The van der Waals surface area contributed by atoms with Crippen molar-refractivity contribution in [3.8, 4) is 22.6 Å². The van der Waals surface area contributed by atoms with Gasteiger partial charge >= 0.3 is 23.9 Å². The highest BCUT2D eigenvalue weighted by molar-refractivity contribution is 5.87. The Kier molecular flexibility index (Phi) is 10.9. The third kappa shape index (κ3) is 7.62. The van der Waals surface area contributed by atoms with Crippen LogP contribution in [0.4, 0.5) is 0 Å². The third-order valence-corrected chi connectivity index (χ3v) is 8.30. The van der Waals surface area contributed by atoms with Crippen LogP contribution >= 0.6 is 0 Å². The minimum absolute atomic E-state index is 0.235. The van der Waals surface area contributed by atoms with Gasteiger partial charge in [0, 0.05) is 13.8 Å². The van der Waals surface area contributed by atoms with Crippen molar-refractivity contribution in [2.24, 2.45) is 0 Å². The van der Waals surface area contributed by atoms with Gasteiger partial charge in [-0.05, 0) is 83.6 Å². The summed E-state index contributed by atoms with van der Waals surface area (Å²) < 4.78 is 34.2. The molecule has 5 rings (SSSR count). The van der Waals surface area contributed by atoms with E-state index < -0.39 is 40.8 Å². The molecular weight excluding hydrogens is 652 g/mol. The van der Waals surface area contributed by atoms with Crippen molar-refractivity contribution >= 4 is 11.9 Å². The molecule has 4 aromatic carbocycles. The molecule has 1 aliphatic rings. The van der Waals surface area contributed by atoms with E-state index in [-0.39, 0.29) is 13.2 Å². The molecule has 2 unspecified atom stereocenters. The first-order chi connectivity index (χ1) is 24.4. The number of carbonyl (C=O) groups excluding carboxylic acids is 2. The van der Waals surface area contributed by atoms with Gasteiger partial charge in [-0.15, -0.1) is 0 Å². The van der Waals surface area contributed by atoms with Gasteiger partial charge in [-0.2, -0.15) is 0 Å². The van der Waals surface area contributed by atoms with E-state index in [1.807, 2.05) is 62.4 Å². The Morgan fingerprint density at radius 3 is 1.29 bits per heavy atom. The van der Waals surface area contributed by atoms with Crippen LogP contribution in [0, 0.1) is 0 Å². The fourth-order valence-corrected chi connectivity index (χ4v) is 6.19. The third-order valence-electron chi connectivity index (χ3n) is 8.30. The fourth-order valence-electron chi connectivity index (χ4n) is 6.19. The molecule has 0 radical (unpaired) electrons. The van der Waals surface area contributed by atoms with E-state index in [1.54, 1.807) is 24.3 Å². The summed E-state index contributed by atoms with van der Waals surface area (Å²) in [6, 6.07) is 31.3. The molecule has 0 aliphatic heterocycles. The second-order valence-corrected chi connectivity index (χ2v) is 12.2. The van der Waals surface area contributed by atoms with Crippen LogP contribution < -0.4 is 9.47 Å². The number of rotatable bonds is 16. The fraction of sp³-hybridized carbons (Fsp3) is 0.268. The molecule has 0 spiro atoms. The van der Waals surface area contributed by atoms with Crippen molar-refractivity contribution in [1.82, 2.24) is 0 Å². The number of hydrogen-bond acceptors (Lipinski definition) is 10. The average molecular weight is 695 g/mol. The number of carbonyl (C=O) groups is 2. The van der Waals surface area contributed by atoms with Gasteiger partial charge in [0.15, 0.2) is 11.5 Å². The second kappa shape index (κ2) is 15.1. The maximum atomic E-state index is 12.2. The molecule has 4 aromatic rings. The van der Waals surface area contributed by atoms with Gasteiger partial charge in [-0.25, -0.2) is 9.59 Å². The lowest BCUT2D eigenvalue weighted by Crippen LogP contribution is -2.41. The topological polar surface area (TPSA) is 130 Å². The largest absolute Gasteiger partial charge is 0.502 e. The molecule has 0 fully saturated rings. The highest BCUT2D eigenvalue weighted by Gasteiger charge is 2.46. The van der Waals surface area contributed by atoms with E-state index in [0.717, 1.165) is 33.4 Å². The van der Waals surface area contributed by atoms with Crippen LogP contribution in [0.2, 0.25) is 0 Å². The first-order valence-corrected chi connectivity index (χ1v) is 16.6. The maximum Gasteiger partial charge on any atom is 0.377 e. The minimum Gasteiger partial charge on any atom is -0.502 e. The monoisotopic (exact) mass is 694 g/mol. The van der Waals surface area contributed by atoms with Crippen LogP contribution in [0.25, 0.3) is 11.1 Å². The normalized spacial score (nSPS) is 14.9. The number of hydrogen-bond donors (Lipinski definition) is 2. The zero-order valence-corrected chi connectivity index (χ0v) is 29.1. The average Bonchev–Trinajstić information content (AvgIpc) is 3.41.